The highest BCUT2D eigenvalue weighted by molar-refractivity contribution is 7.13. The zero-order valence-electron chi connectivity index (χ0n) is 21.6. The van der Waals surface area contributed by atoms with Crippen LogP contribution in [0.1, 0.15) is 43.0 Å². The first kappa shape index (κ1) is 24.3. The first-order valence-electron chi connectivity index (χ1n) is 13.2. The molecule has 4 heterocycles. The number of nitrogen functional groups attached to an aromatic ring is 1. The number of thiazole rings is 1. The van der Waals surface area contributed by atoms with Crippen LogP contribution in [0.5, 0.6) is 0 Å². The van der Waals surface area contributed by atoms with E-state index in [1.54, 1.807) is 17.7 Å². The molecule has 1 aliphatic heterocycles. The third-order valence-corrected chi connectivity index (χ3v) is 8.79. The van der Waals surface area contributed by atoms with Crippen LogP contribution in [-0.2, 0) is 6.54 Å². The van der Waals surface area contributed by atoms with Crippen LogP contribution in [-0.4, -0.2) is 73.8 Å². The minimum atomic E-state index is 0.333. The van der Waals surface area contributed by atoms with Gasteiger partial charge in [0, 0.05) is 49.7 Å². The molecule has 1 saturated carbocycles. The highest BCUT2D eigenvalue weighted by atomic mass is 32.1. The fraction of sp³-hybridized carbons (Fsp3) is 0.481. The number of aryl methyl sites for hydroxylation is 1. The van der Waals surface area contributed by atoms with Crippen LogP contribution < -0.4 is 11.1 Å². The Morgan fingerprint density at radius 3 is 2.43 bits per heavy atom. The summed E-state index contributed by atoms with van der Waals surface area (Å²) in [4.78, 5) is 18.5. The molecule has 3 aromatic heterocycles. The molecule has 0 spiro atoms. The number of rotatable bonds is 6. The average molecular weight is 518 g/mol. The predicted octanol–water partition coefficient (Wildman–Crippen LogP) is 4.18. The number of nitrogens with zero attached hydrogens (tertiary/aromatic N) is 7. The maximum atomic E-state index is 6.38. The lowest BCUT2D eigenvalue weighted by molar-refractivity contribution is 0.0815. The SMILES string of the molecule is Cc1csc(NCc2ccc(-c3nn(C4CCC(N5CCN(C)CC5)CC4)c4ncnc(N)c34)cc2)n1. The van der Waals surface area contributed by atoms with Gasteiger partial charge < -0.3 is 16.0 Å². The Labute approximate surface area is 221 Å². The van der Waals surface area contributed by atoms with Gasteiger partial charge in [0.2, 0.25) is 0 Å². The van der Waals surface area contributed by atoms with E-state index in [1.807, 2.05) is 6.92 Å². The van der Waals surface area contributed by atoms with E-state index in [1.165, 1.54) is 44.6 Å². The molecular weight excluding hydrogens is 482 g/mol. The Morgan fingerprint density at radius 1 is 1.00 bits per heavy atom. The summed E-state index contributed by atoms with van der Waals surface area (Å²) in [6, 6.07) is 9.52. The second kappa shape index (κ2) is 10.4. The van der Waals surface area contributed by atoms with E-state index in [4.69, 9.17) is 10.8 Å². The molecule has 0 atom stereocenters. The molecule has 0 amide bonds. The molecule has 1 saturated heterocycles. The van der Waals surface area contributed by atoms with Crippen molar-refractivity contribution in [2.45, 2.75) is 51.2 Å². The topological polar surface area (TPSA) is 101 Å². The Hall–Kier alpha value is -3.08. The van der Waals surface area contributed by atoms with Gasteiger partial charge in [0.05, 0.1) is 17.1 Å². The molecule has 37 heavy (non-hydrogen) atoms. The highest BCUT2D eigenvalue weighted by Crippen LogP contribution is 2.37. The van der Waals surface area contributed by atoms with Crippen LogP contribution in [0.3, 0.4) is 0 Å². The highest BCUT2D eigenvalue weighted by Gasteiger charge is 2.30. The zero-order chi connectivity index (χ0) is 25.4. The van der Waals surface area contributed by atoms with E-state index in [0.29, 0.717) is 17.9 Å². The zero-order valence-corrected chi connectivity index (χ0v) is 22.4. The third-order valence-electron chi connectivity index (χ3n) is 7.87. The number of fused-ring (bicyclic) bond motifs is 1. The van der Waals surface area contributed by atoms with Gasteiger partial charge in [0.1, 0.15) is 17.8 Å². The van der Waals surface area contributed by atoms with Gasteiger partial charge in [0.15, 0.2) is 10.8 Å². The summed E-state index contributed by atoms with van der Waals surface area (Å²) >= 11 is 1.63. The van der Waals surface area contributed by atoms with Crippen molar-refractivity contribution in [1.29, 1.82) is 0 Å². The fourth-order valence-electron chi connectivity index (χ4n) is 5.70. The first-order chi connectivity index (χ1) is 18.0. The standard InChI is InChI=1S/C27H35N9S/c1-18-16-37-27(32-18)29-15-19-3-5-20(6-4-19)24-23-25(28)30-17-31-26(23)36(33-24)22-9-7-21(8-10-22)35-13-11-34(2)12-14-35/h3-6,16-17,21-22H,7-15H2,1-2H3,(H,29,32)(H2,28,30,31). The molecule has 3 N–H and O–H groups in total. The smallest absolute Gasteiger partial charge is 0.183 e. The second-order valence-corrected chi connectivity index (χ2v) is 11.3. The molecule has 0 radical (unpaired) electrons. The van der Waals surface area contributed by atoms with Gasteiger partial charge in [0.25, 0.3) is 0 Å². The molecule has 6 rings (SSSR count). The van der Waals surface area contributed by atoms with Crippen LogP contribution in [0.2, 0.25) is 0 Å². The van der Waals surface area contributed by atoms with Crippen molar-refractivity contribution in [3.05, 3.63) is 47.2 Å². The van der Waals surface area contributed by atoms with Crippen LogP contribution in [0, 0.1) is 6.92 Å². The molecule has 0 unspecified atom stereocenters. The second-order valence-electron chi connectivity index (χ2n) is 10.4. The summed E-state index contributed by atoms with van der Waals surface area (Å²) in [5.41, 5.74) is 11.3. The van der Waals surface area contributed by atoms with Crippen LogP contribution in [0.25, 0.3) is 22.3 Å². The first-order valence-corrected chi connectivity index (χ1v) is 14.1. The number of nitrogens with one attached hydrogen (secondary N) is 1. The van der Waals surface area contributed by atoms with E-state index in [9.17, 15) is 0 Å². The summed E-state index contributed by atoms with van der Waals surface area (Å²) in [7, 11) is 2.22. The molecular formula is C27H35N9S. The molecule has 2 aliphatic rings. The number of anilines is 2. The molecule has 1 aromatic carbocycles. The van der Waals surface area contributed by atoms with Gasteiger partial charge in [-0.3, -0.25) is 4.90 Å². The predicted molar refractivity (Wildman–Crippen MR) is 150 cm³/mol. The van der Waals surface area contributed by atoms with Crippen molar-refractivity contribution >= 4 is 33.3 Å². The average Bonchev–Trinajstić information content (AvgIpc) is 3.53. The molecule has 0 bridgehead atoms. The Kier molecular flexibility index (Phi) is 6.79. The van der Waals surface area contributed by atoms with Crippen LogP contribution in [0.4, 0.5) is 10.9 Å². The van der Waals surface area contributed by atoms with Gasteiger partial charge in [-0.2, -0.15) is 5.10 Å². The largest absolute Gasteiger partial charge is 0.383 e. The Balaban J connectivity index is 1.20. The number of hydrogen-bond acceptors (Lipinski definition) is 9. The van der Waals surface area contributed by atoms with Crippen molar-refractivity contribution in [3.63, 3.8) is 0 Å². The number of piperazine rings is 1. The van der Waals surface area contributed by atoms with Crippen molar-refractivity contribution in [2.75, 3.05) is 44.3 Å². The summed E-state index contributed by atoms with van der Waals surface area (Å²) in [5, 5.41) is 12.4. The minimum absolute atomic E-state index is 0.333. The molecule has 4 aromatic rings. The van der Waals surface area contributed by atoms with Crippen molar-refractivity contribution in [1.82, 2.24) is 34.5 Å². The van der Waals surface area contributed by atoms with E-state index >= 15 is 0 Å². The summed E-state index contributed by atoms with van der Waals surface area (Å²) in [5.74, 6) is 0.488. The van der Waals surface area contributed by atoms with Crippen molar-refractivity contribution in [2.24, 2.45) is 0 Å². The summed E-state index contributed by atoms with van der Waals surface area (Å²) in [6.45, 7) is 7.43. The molecule has 1 aliphatic carbocycles. The van der Waals surface area contributed by atoms with Crippen molar-refractivity contribution < 1.29 is 0 Å². The molecule has 194 valence electrons. The quantitative estimate of drug-likeness (QED) is 0.393. The lowest BCUT2D eigenvalue weighted by Gasteiger charge is -2.41. The minimum Gasteiger partial charge on any atom is -0.383 e. The summed E-state index contributed by atoms with van der Waals surface area (Å²) < 4.78 is 2.13. The lowest BCUT2D eigenvalue weighted by atomic mass is 9.90. The Bertz CT molecular complexity index is 1350. The number of benzene rings is 1. The summed E-state index contributed by atoms with van der Waals surface area (Å²) in [6.07, 6.45) is 6.18. The van der Waals surface area contributed by atoms with E-state index in [2.05, 4.69) is 71.4 Å². The van der Waals surface area contributed by atoms with Crippen molar-refractivity contribution in [3.8, 4) is 11.3 Å². The van der Waals surface area contributed by atoms with Gasteiger partial charge in [-0.05, 0) is 45.2 Å². The third kappa shape index (κ3) is 5.05. The fourth-order valence-corrected chi connectivity index (χ4v) is 6.39. The number of nitrogens with two attached hydrogens (primary N) is 1. The van der Waals surface area contributed by atoms with E-state index in [-0.39, 0.29) is 0 Å². The number of hydrogen-bond donors (Lipinski definition) is 2. The van der Waals surface area contributed by atoms with Crippen LogP contribution >= 0.6 is 11.3 Å². The lowest BCUT2D eigenvalue weighted by Crippen LogP contribution is -2.49. The van der Waals surface area contributed by atoms with Gasteiger partial charge in [-0.15, -0.1) is 11.3 Å². The Morgan fingerprint density at radius 2 is 1.73 bits per heavy atom. The van der Waals surface area contributed by atoms with Gasteiger partial charge in [-0.1, -0.05) is 24.3 Å². The molecule has 2 fully saturated rings. The van der Waals surface area contributed by atoms with Crippen LogP contribution in [0.15, 0.2) is 36.0 Å². The van der Waals surface area contributed by atoms with Gasteiger partial charge >= 0.3 is 0 Å². The van der Waals surface area contributed by atoms with Gasteiger partial charge in [-0.25, -0.2) is 19.6 Å². The van der Waals surface area contributed by atoms with E-state index < -0.39 is 0 Å². The maximum absolute atomic E-state index is 6.38. The maximum Gasteiger partial charge on any atom is 0.183 e. The number of aromatic nitrogens is 5. The molecule has 9 nitrogen and oxygen atoms in total. The van der Waals surface area contributed by atoms with E-state index in [0.717, 1.165) is 52.5 Å². The monoisotopic (exact) mass is 517 g/mol. The molecule has 10 heteroatoms. The number of likely N-dealkylation sites (N-methyl/N-ethyl adjacent to an activating group) is 1. The normalized spacial score (nSPS) is 21.5.